The Labute approximate surface area is 228 Å². The minimum Gasteiger partial charge on any atom is -0.472 e. The van der Waals surface area contributed by atoms with Crippen LogP contribution in [0.25, 0.3) is 0 Å². The number of carbonyl (C=O) groups is 1. The fourth-order valence-electron chi connectivity index (χ4n) is 5.07. The molecule has 0 saturated heterocycles. The van der Waals surface area contributed by atoms with Crippen molar-refractivity contribution in [3.05, 3.63) is 76.5 Å². The van der Waals surface area contributed by atoms with Gasteiger partial charge in [0.15, 0.2) is 0 Å². The van der Waals surface area contributed by atoms with E-state index in [2.05, 4.69) is 15.3 Å². The second kappa shape index (κ2) is 10.2. The molecule has 1 atom stereocenters. The van der Waals surface area contributed by atoms with Gasteiger partial charge in [-0.1, -0.05) is 36.4 Å². The SMILES string of the molecule is CC(C)(C)OC(=O)Nc1ccc2c(c1)[C@]1(CCC2)Cc2nc(S(C)(=O)=O)nc(OCc3ccccc3)c2CO1. The van der Waals surface area contributed by atoms with E-state index in [-0.39, 0.29) is 24.3 Å². The molecule has 1 N–H and O–H groups in total. The summed E-state index contributed by atoms with van der Waals surface area (Å²) < 4.78 is 43.0. The predicted molar refractivity (Wildman–Crippen MR) is 145 cm³/mol. The fraction of sp³-hybridized carbons (Fsp3) is 0.414. The average Bonchev–Trinajstić information content (AvgIpc) is 2.86. The smallest absolute Gasteiger partial charge is 0.412 e. The summed E-state index contributed by atoms with van der Waals surface area (Å²) in [6.45, 7) is 5.85. The van der Waals surface area contributed by atoms with Crippen LogP contribution in [-0.2, 0) is 51.0 Å². The Kier molecular flexibility index (Phi) is 7.11. The predicted octanol–water partition coefficient (Wildman–Crippen LogP) is 5.11. The van der Waals surface area contributed by atoms with Gasteiger partial charge in [0, 0.05) is 18.4 Å². The molecule has 3 aromatic rings. The largest absolute Gasteiger partial charge is 0.472 e. The Morgan fingerprint density at radius 2 is 1.90 bits per heavy atom. The summed E-state index contributed by atoms with van der Waals surface area (Å²) in [6.07, 6.45) is 3.43. The van der Waals surface area contributed by atoms with E-state index < -0.39 is 27.1 Å². The van der Waals surface area contributed by atoms with Crippen molar-refractivity contribution in [3.63, 3.8) is 0 Å². The van der Waals surface area contributed by atoms with Gasteiger partial charge in [-0.15, -0.1) is 0 Å². The number of amides is 1. The van der Waals surface area contributed by atoms with Crippen LogP contribution in [0.2, 0.25) is 0 Å². The maximum absolute atomic E-state index is 12.5. The number of hydrogen-bond donors (Lipinski definition) is 1. The molecule has 39 heavy (non-hydrogen) atoms. The van der Waals surface area contributed by atoms with Crippen molar-refractivity contribution in [1.29, 1.82) is 0 Å². The Hall–Kier alpha value is -3.50. The molecule has 1 aliphatic heterocycles. The van der Waals surface area contributed by atoms with Crippen LogP contribution in [0, 0.1) is 0 Å². The lowest BCUT2D eigenvalue weighted by Gasteiger charge is -2.42. The monoisotopic (exact) mass is 551 g/mol. The molecule has 2 aliphatic rings. The van der Waals surface area contributed by atoms with Crippen molar-refractivity contribution >= 4 is 21.6 Å². The molecule has 1 amide bonds. The van der Waals surface area contributed by atoms with E-state index in [0.29, 0.717) is 23.4 Å². The van der Waals surface area contributed by atoms with E-state index in [1.807, 2.05) is 69.3 Å². The second-order valence-electron chi connectivity index (χ2n) is 11.1. The molecule has 1 aromatic heterocycles. The highest BCUT2D eigenvalue weighted by molar-refractivity contribution is 7.90. The molecule has 206 valence electrons. The second-order valence-corrected chi connectivity index (χ2v) is 13.0. The van der Waals surface area contributed by atoms with Crippen molar-refractivity contribution < 1.29 is 27.4 Å². The lowest BCUT2D eigenvalue weighted by Crippen LogP contribution is -2.40. The number of sulfone groups is 1. The van der Waals surface area contributed by atoms with Crippen LogP contribution in [0.3, 0.4) is 0 Å². The molecule has 0 bridgehead atoms. The van der Waals surface area contributed by atoms with Crippen LogP contribution in [-0.4, -0.2) is 36.3 Å². The van der Waals surface area contributed by atoms with E-state index in [1.54, 1.807) is 0 Å². The Morgan fingerprint density at radius 1 is 1.13 bits per heavy atom. The number of anilines is 1. The minimum absolute atomic E-state index is 0.173. The van der Waals surface area contributed by atoms with Gasteiger partial charge in [-0.25, -0.2) is 18.2 Å². The molecule has 0 radical (unpaired) electrons. The highest BCUT2D eigenvalue weighted by Gasteiger charge is 2.43. The first-order chi connectivity index (χ1) is 18.4. The molecule has 0 fully saturated rings. The van der Waals surface area contributed by atoms with Crippen molar-refractivity contribution in [2.45, 2.75) is 76.0 Å². The van der Waals surface area contributed by atoms with Crippen molar-refractivity contribution in [1.82, 2.24) is 9.97 Å². The normalized spacial score (nSPS) is 18.7. The molecule has 1 spiro atoms. The highest BCUT2D eigenvalue weighted by Crippen LogP contribution is 2.46. The summed E-state index contributed by atoms with van der Waals surface area (Å²) in [5.74, 6) is 0.218. The number of hydrogen-bond acceptors (Lipinski definition) is 8. The van der Waals surface area contributed by atoms with Gasteiger partial charge in [0.1, 0.15) is 12.2 Å². The quantitative estimate of drug-likeness (QED) is 0.435. The molecular weight excluding hydrogens is 518 g/mol. The summed E-state index contributed by atoms with van der Waals surface area (Å²) in [5, 5.41) is 2.55. The average molecular weight is 552 g/mol. The van der Waals surface area contributed by atoms with Crippen molar-refractivity contribution in [2.75, 3.05) is 11.6 Å². The topological polar surface area (TPSA) is 117 Å². The highest BCUT2D eigenvalue weighted by atomic mass is 32.2. The number of fused-ring (bicyclic) bond motifs is 3. The number of nitrogens with one attached hydrogen (secondary N) is 1. The molecule has 5 rings (SSSR count). The van der Waals surface area contributed by atoms with E-state index >= 15 is 0 Å². The van der Waals surface area contributed by atoms with Crippen LogP contribution >= 0.6 is 0 Å². The van der Waals surface area contributed by atoms with Gasteiger partial charge in [0.05, 0.1) is 23.5 Å². The third kappa shape index (κ3) is 6.07. The van der Waals surface area contributed by atoms with Gasteiger partial charge >= 0.3 is 6.09 Å². The van der Waals surface area contributed by atoms with Gasteiger partial charge in [0.2, 0.25) is 20.9 Å². The van der Waals surface area contributed by atoms with Crippen molar-refractivity contribution in [2.24, 2.45) is 0 Å². The number of rotatable bonds is 5. The van der Waals surface area contributed by atoms with E-state index in [0.717, 1.165) is 42.2 Å². The molecular formula is C29H33N3O6S. The number of nitrogens with zero attached hydrogens (tertiary/aromatic N) is 2. The molecule has 0 saturated carbocycles. The van der Waals surface area contributed by atoms with Gasteiger partial charge < -0.3 is 14.2 Å². The fourth-order valence-corrected chi connectivity index (χ4v) is 5.60. The first kappa shape index (κ1) is 27.1. The summed E-state index contributed by atoms with van der Waals surface area (Å²) in [4.78, 5) is 21.2. The van der Waals surface area contributed by atoms with E-state index in [1.165, 1.54) is 0 Å². The maximum atomic E-state index is 12.5. The summed E-state index contributed by atoms with van der Waals surface area (Å²) >= 11 is 0. The number of carbonyl (C=O) groups excluding carboxylic acids is 1. The third-order valence-corrected chi connectivity index (χ3v) is 7.65. The number of aryl methyl sites for hydroxylation is 1. The lowest BCUT2D eigenvalue weighted by atomic mass is 9.74. The van der Waals surface area contributed by atoms with Gasteiger partial charge in [0.25, 0.3) is 0 Å². The summed E-state index contributed by atoms with van der Waals surface area (Å²) in [5.41, 5.74) is 3.53. The number of aromatic nitrogens is 2. The lowest BCUT2D eigenvalue weighted by molar-refractivity contribution is -0.0867. The molecule has 2 aromatic carbocycles. The van der Waals surface area contributed by atoms with Gasteiger partial charge in [-0.3, -0.25) is 5.32 Å². The number of ether oxygens (including phenoxy) is 3. The molecule has 9 nitrogen and oxygen atoms in total. The molecule has 1 aliphatic carbocycles. The Bertz CT molecular complexity index is 1500. The Morgan fingerprint density at radius 3 is 2.62 bits per heavy atom. The van der Waals surface area contributed by atoms with E-state index in [4.69, 9.17) is 14.2 Å². The molecule has 0 unspecified atom stereocenters. The molecule has 2 heterocycles. The first-order valence-corrected chi connectivity index (χ1v) is 14.8. The third-order valence-electron chi connectivity index (χ3n) is 6.80. The van der Waals surface area contributed by atoms with Crippen LogP contribution < -0.4 is 10.1 Å². The van der Waals surface area contributed by atoms with Gasteiger partial charge in [-0.2, -0.15) is 4.98 Å². The summed E-state index contributed by atoms with van der Waals surface area (Å²) in [7, 11) is -3.68. The van der Waals surface area contributed by atoms with Crippen LogP contribution in [0.5, 0.6) is 5.88 Å². The number of benzene rings is 2. The zero-order valence-electron chi connectivity index (χ0n) is 22.6. The van der Waals surface area contributed by atoms with Crippen molar-refractivity contribution in [3.8, 4) is 5.88 Å². The standard InChI is InChI=1S/C29H33N3O6S/c1-28(2,3)38-27(33)30-21-13-12-20-11-8-14-29(23(20)15-21)16-24-22(18-37-29)25(32-26(31-24)39(4,34)35)36-17-19-9-6-5-7-10-19/h5-7,9-10,12-13,15H,8,11,14,16-18H2,1-4H3,(H,30,33)/t29-/m0/s1. The Balaban J connectivity index is 1.48. The maximum Gasteiger partial charge on any atom is 0.412 e. The van der Waals surface area contributed by atoms with Crippen LogP contribution in [0.4, 0.5) is 10.5 Å². The summed E-state index contributed by atoms with van der Waals surface area (Å²) in [6, 6.07) is 15.4. The van der Waals surface area contributed by atoms with Crippen LogP contribution in [0.1, 0.15) is 61.6 Å². The first-order valence-electron chi connectivity index (χ1n) is 13.0. The zero-order chi connectivity index (χ0) is 27.8. The molecule has 10 heteroatoms. The van der Waals surface area contributed by atoms with Crippen LogP contribution in [0.15, 0.2) is 53.7 Å². The minimum atomic E-state index is -3.68. The van der Waals surface area contributed by atoms with E-state index in [9.17, 15) is 13.2 Å². The zero-order valence-corrected chi connectivity index (χ0v) is 23.4. The van der Waals surface area contributed by atoms with Gasteiger partial charge in [-0.05, 0) is 68.9 Å².